The Labute approximate surface area is 128 Å². The van der Waals surface area contributed by atoms with Crippen molar-refractivity contribution in [1.29, 1.82) is 0 Å². The summed E-state index contributed by atoms with van der Waals surface area (Å²) in [5.74, 6) is 0.328. The minimum Gasteiger partial charge on any atom is -0.299 e. The molecule has 0 aromatic heterocycles. The lowest BCUT2D eigenvalue weighted by Gasteiger charge is -2.41. The van der Waals surface area contributed by atoms with E-state index >= 15 is 0 Å². The fraction of sp³-hybridized carbons (Fsp3) is 0.556. The van der Waals surface area contributed by atoms with Crippen LogP contribution in [0.25, 0.3) is 0 Å². The third-order valence-corrected chi connectivity index (χ3v) is 4.73. The Bertz CT molecular complexity index is 537. The molecule has 0 spiro atoms. The highest BCUT2D eigenvalue weighted by molar-refractivity contribution is 5.80. The van der Waals surface area contributed by atoms with Crippen LogP contribution in [-0.4, -0.2) is 36.6 Å². The van der Waals surface area contributed by atoms with E-state index in [1.165, 1.54) is 11.3 Å². The maximum Gasteiger partial charge on any atom is 0.138 e. The molecule has 1 unspecified atom stereocenters. The van der Waals surface area contributed by atoms with Gasteiger partial charge in [-0.2, -0.15) is 0 Å². The summed E-state index contributed by atoms with van der Waals surface area (Å²) in [6.45, 7) is 8.26. The summed E-state index contributed by atoms with van der Waals surface area (Å²) in [7, 11) is 2.22. The van der Waals surface area contributed by atoms with E-state index in [0.29, 0.717) is 18.6 Å². The van der Waals surface area contributed by atoms with Crippen LogP contribution in [0.2, 0.25) is 0 Å². The van der Waals surface area contributed by atoms with Gasteiger partial charge in [0.1, 0.15) is 17.7 Å². The zero-order valence-corrected chi connectivity index (χ0v) is 13.7. The van der Waals surface area contributed by atoms with Crippen LogP contribution in [0.1, 0.15) is 40.0 Å². The molecule has 0 saturated carbocycles. The summed E-state index contributed by atoms with van der Waals surface area (Å²) in [5, 5.41) is 0. The van der Waals surface area contributed by atoms with Crippen molar-refractivity contribution in [1.82, 2.24) is 0 Å². The third-order valence-electron chi connectivity index (χ3n) is 4.73. The fourth-order valence-corrected chi connectivity index (χ4v) is 2.90. The number of carbonyl (C=O) groups is 1. The molecule has 2 aliphatic heterocycles. The molecule has 0 saturated heterocycles. The number of carbonyl (C=O) groups excluding carboxylic acids is 1. The SMILES string of the molecule is CCC(=O)CC1=C[N+](C)(C2=CC=NCC=C2)CCC1(C)C. The second kappa shape index (κ2) is 6.10. The highest BCUT2D eigenvalue weighted by Gasteiger charge is 2.38. The first-order valence-corrected chi connectivity index (χ1v) is 7.84. The molecule has 2 aliphatic rings. The van der Waals surface area contributed by atoms with Gasteiger partial charge in [0.25, 0.3) is 0 Å². The topological polar surface area (TPSA) is 29.4 Å². The first kappa shape index (κ1) is 15.9. The number of allylic oxidation sites excluding steroid dienone is 3. The number of ketones is 1. The van der Waals surface area contributed by atoms with E-state index in [2.05, 4.69) is 50.3 Å². The highest BCUT2D eigenvalue weighted by atomic mass is 16.1. The van der Waals surface area contributed by atoms with E-state index in [9.17, 15) is 4.79 Å². The molecule has 0 N–H and O–H groups in total. The Morgan fingerprint density at radius 1 is 1.43 bits per heavy atom. The lowest BCUT2D eigenvalue weighted by atomic mass is 9.76. The first-order chi connectivity index (χ1) is 9.87. The third kappa shape index (κ3) is 3.59. The van der Waals surface area contributed by atoms with Crippen molar-refractivity contribution >= 4 is 12.0 Å². The number of aliphatic imine (C=N–C) groups is 1. The van der Waals surface area contributed by atoms with Gasteiger partial charge >= 0.3 is 0 Å². The molecule has 114 valence electrons. The molecule has 3 heteroatoms. The minimum absolute atomic E-state index is 0.117. The Morgan fingerprint density at radius 3 is 2.90 bits per heavy atom. The number of hydrogen-bond acceptors (Lipinski definition) is 2. The van der Waals surface area contributed by atoms with Crippen LogP contribution in [0.4, 0.5) is 0 Å². The van der Waals surface area contributed by atoms with Crippen LogP contribution in [0.15, 0.2) is 40.7 Å². The maximum absolute atomic E-state index is 11.9. The molecule has 0 bridgehead atoms. The lowest BCUT2D eigenvalue weighted by molar-refractivity contribution is -0.821. The van der Waals surface area contributed by atoms with Gasteiger partial charge in [0.2, 0.25) is 0 Å². The number of hydrogen-bond donors (Lipinski definition) is 0. The Balaban J connectivity index is 2.36. The number of quaternary nitrogens is 1. The monoisotopic (exact) mass is 287 g/mol. The van der Waals surface area contributed by atoms with Crippen molar-refractivity contribution < 1.29 is 9.28 Å². The van der Waals surface area contributed by atoms with Gasteiger partial charge in [-0.15, -0.1) is 0 Å². The van der Waals surface area contributed by atoms with Gasteiger partial charge < -0.3 is 0 Å². The van der Waals surface area contributed by atoms with E-state index in [4.69, 9.17) is 0 Å². The van der Waals surface area contributed by atoms with Crippen molar-refractivity contribution in [3.05, 3.63) is 35.7 Å². The van der Waals surface area contributed by atoms with E-state index in [1.807, 2.05) is 13.1 Å². The molecule has 0 aromatic carbocycles. The van der Waals surface area contributed by atoms with E-state index in [0.717, 1.165) is 24.0 Å². The van der Waals surface area contributed by atoms with Crippen molar-refractivity contribution in [3.8, 4) is 0 Å². The Hall–Kier alpha value is -1.48. The van der Waals surface area contributed by atoms with Gasteiger partial charge in [-0.1, -0.05) is 26.8 Å². The molecular weight excluding hydrogens is 260 g/mol. The predicted molar refractivity (Wildman–Crippen MR) is 88.0 cm³/mol. The Kier molecular flexibility index (Phi) is 4.62. The summed E-state index contributed by atoms with van der Waals surface area (Å²) < 4.78 is 0.762. The molecule has 1 atom stereocenters. The van der Waals surface area contributed by atoms with Crippen LogP contribution in [0, 0.1) is 5.41 Å². The summed E-state index contributed by atoms with van der Waals surface area (Å²) in [6.07, 6.45) is 12.8. The lowest BCUT2D eigenvalue weighted by Crippen LogP contribution is -2.44. The molecule has 2 rings (SSSR count). The van der Waals surface area contributed by atoms with Crippen molar-refractivity contribution in [3.63, 3.8) is 0 Å². The van der Waals surface area contributed by atoms with Gasteiger partial charge in [0.15, 0.2) is 0 Å². The molecule has 0 radical (unpaired) electrons. The summed E-state index contributed by atoms with van der Waals surface area (Å²) in [5.41, 5.74) is 2.64. The summed E-state index contributed by atoms with van der Waals surface area (Å²) in [4.78, 5) is 16.2. The zero-order chi connectivity index (χ0) is 15.5. The van der Waals surface area contributed by atoms with Crippen LogP contribution < -0.4 is 0 Å². The maximum atomic E-state index is 11.9. The Morgan fingerprint density at radius 2 is 2.19 bits per heavy atom. The molecule has 0 fully saturated rings. The zero-order valence-electron chi connectivity index (χ0n) is 13.7. The molecule has 0 aromatic rings. The van der Waals surface area contributed by atoms with Crippen LogP contribution in [-0.2, 0) is 4.79 Å². The molecule has 21 heavy (non-hydrogen) atoms. The average molecular weight is 287 g/mol. The number of nitrogens with zero attached hydrogens (tertiary/aromatic N) is 2. The molecule has 0 aliphatic carbocycles. The summed E-state index contributed by atoms with van der Waals surface area (Å²) >= 11 is 0. The van der Waals surface area contributed by atoms with Gasteiger partial charge in [0, 0.05) is 31.6 Å². The van der Waals surface area contributed by atoms with Gasteiger partial charge in [0.05, 0.1) is 20.1 Å². The van der Waals surface area contributed by atoms with E-state index in [-0.39, 0.29) is 5.41 Å². The second-order valence-electron chi connectivity index (χ2n) is 6.86. The predicted octanol–water partition coefficient (Wildman–Crippen LogP) is 3.64. The second-order valence-corrected chi connectivity index (χ2v) is 6.86. The van der Waals surface area contributed by atoms with E-state index < -0.39 is 0 Å². The molecule has 2 heterocycles. The minimum atomic E-state index is 0.117. The van der Waals surface area contributed by atoms with Crippen molar-refractivity contribution in [2.24, 2.45) is 10.4 Å². The smallest absolute Gasteiger partial charge is 0.138 e. The van der Waals surface area contributed by atoms with Gasteiger partial charge in [-0.05, 0) is 17.1 Å². The molecule has 3 nitrogen and oxygen atoms in total. The van der Waals surface area contributed by atoms with Crippen LogP contribution in [0.5, 0.6) is 0 Å². The van der Waals surface area contributed by atoms with Crippen molar-refractivity contribution in [2.45, 2.75) is 40.0 Å². The van der Waals surface area contributed by atoms with Gasteiger partial charge in [-0.25, -0.2) is 0 Å². The largest absolute Gasteiger partial charge is 0.299 e. The summed E-state index contributed by atoms with van der Waals surface area (Å²) in [6, 6.07) is 0. The van der Waals surface area contributed by atoms with Gasteiger partial charge in [-0.3, -0.25) is 14.3 Å². The fourth-order valence-electron chi connectivity index (χ4n) is 2.90. The van der Waals surface area contributed by atoms with Crippen LogP contribution >= 0.6 is 0 Å². The van der Waals surface area contributed by atoms with Crippen molar-refractivity contribution in [2.75, 3.05) is 20.1 Å². The number of rotatable bonds is 4. The normalized spacial score (nSPS) is 27.8. The van der Waals surface area contributed by atoms with Crippen LogP contribution in [0.3, 0.4) is 0 Å². The standard InChI is InChI=1S/C18H27N2O/c1-5-17(21)13-15-14-20(4,12-9-18(15,2)3)16-7-6-10-19-11-8-16/h6-8,11,14H,5,9-10,12-13H2,1-4H3/q+1. The quantitative estimate of drug-likeness (QED) is 0.726. The highest BCUT2D eigenvalue weighted by Crippen LogP contribution is 2.40. The molecule has 0 amide bonds. The van der Waals surface area contributed by atoms with E-state index in [1.54, 1.807) is 0 Å². The average Bonchev–Trinajstić information content (AvgIpc) is 2.73. The molecular formula is C18H27N2O+. The number of Topliss-reactive ketones (excluding diaryl/α,β-unsaturated/α-hetero) is 1. The first-order valence-electron chi connectivity index (χ1n) is 7.84. The number of likely N-dealkylation sites (N-methyl/N-ethyl adjacent to an activating group) is 1.